The van der Waals surface area contributed by atoms with Crippen molar-refractivity contribution in [1.29, 1.82) is 0 Å². The summed E-state index contributed by atoms with van der Waals surface area (Å²) in [5.74, 6) is 0.277. The molecule has 0 spiro atoms. The van der Waals surface area contributed by atoms with Crippen molar-refractivity contribution in [2.24, 2.45) is 5.92 Å². The molecule has 5 heteroatoms. The Labute approximate surface area is 131 Å². The minimum Gasteiger partial charge on any atom is -0.466 e. The van der Waals surface area contributed by atoms with Gasteiger partial charge in [0.1, 0.15) is 6.61 Å². The van der Waals surface area contributed by atoms with Gasteiger partial charge >= 0.3 is 12.1 Å². The molecular weight excluding hydrogens is 282 g/mol. The number of hydrogen-bond donors (Lipinski definition) is 0. The number of carbonyl (C=O) groups excluding carboxylic acids is 2. The molecule has 2 rings (SSSR count). The molecular formula is C17H23NO4. The molecule has 0 unspecified atom stereocenters. The average molecular weight is 305 g/mol. The molecule has 5 nitrogen and oxygen atoms in total. The summed E-state index contributed by atoms with van der Waals surface area (Å²) in [6.45, 7) is 3.62. The second-order valence-electron chi connectivity index (χ2n) is 5.60. The molecule has 0 bridgehead atoms. The first-order chi connectivity index (χ1) is 10.6. The summed E-state index contributed by atoms with van der Waals surface area (Å²) in [6.07, 6.45) is 2.48. The first kappa shape index (κ1) is 16.3. The van der Waals surface area contributed by atoms with Crippen molar-refractivity contribution in [2.45, 2.75) is 32.8 Å². The van der Waals surface area contributed by atoms with Crippen LogP contribution in [0.25, 0.3) is 0 Å². The zero-order valence-electron chi connectivity index (χ0n) is 13.0. The second kappa shape index (κ2) is 8.41. The van der Waals surface area contributed by atoms with E-state index in [-0.39, 0.29) is 12.1 Å². The van der Waals surface area contributed by atoms with Crippen LogP contribution in [0.3, 0.4) is 0 Å². The Morgan fingerprint density at radius 2 is 1.82 bits per heavy atom. The Morgan fingerprint density at radius 1 is 1.14 bits per heavy atom. The molecule has 1 aromatic rings. The molecule has 1 aromatic carbocycles. The molecule has 1 fully saturated rings. The number of hydrogen-bond acceptors (Lipinski definition) is 4. The minimum atomic E-state index is -0.248. The van der Waals surface area contributed by atoms with E-state index in [0.717, 1.165) is 24.8 Å². The molecule has 0 N–H and O–H groups in total. The second-order valence-corrected chi connectivity index (χ2v) is 5.60. The van der Waals surface area contributed by atoms with Crippen LogP contribution in [-0.4, -0.2) is 36.7 Å². The van der Waals surface area contributed by atoms with Crippen molar-refractivity contribution in [1.82, 2.24) is 4.90 Å². The predicted octanol–water partition coefficient (Wildman–Crippen LogP) is 2.99. The number of piperidine rings is 1. The fourth-order valence-corrected chi connectivity index (χ4v) is 2.58. The van der Waals surface area contributed by atoms with Crippen LogP contribution in [0.5, 0.6) is 0 Å². The molecule has 0 radical (unpaired) electrons. The number of nitrogens with zero attached hydrogens (tertiary/aromatic N) is 1. The molecule has 0 aromatic heterocycles. The number of ether oxygens (including phenoxy) is 2. The molecule has 120 valence electrons. The fraction of sp³-hybridized carbons (Fsp3) is 0.529. The fourth-order valence-electron chi connectivity index (χ4n) is 2.58. The number of amides is 1. The van der Waals surface area contributed by atoms with Crippen molar-refractivity contribution >= 4 is 12.1 Å². The number of benzene rings is 1. The lowest BCUT2D eigenvalue weighted by Crippen LogP contribution is -2.39. The van der Waals surface area contributed by atoms with E-state index in [9.17, 15) is 9.59 Å². The van der Waals surface area contributed by atoms with Gasteiger partial charge in [-0.15, -0.1) is 0 Å². The van der Waals surface area contributed by atoms with Crippen LogP contribution in [0.4, 0.5) is 4.79 Å². The number of esters is 1. The highest BCUT2D eigenvalue weighted by Crippen LogP contribution is 2.21. The van der Waals surface area contributed by atoms with Gasteiger partial charge in [0.15, 0.2) is 0 Å². The highest BCUT2D eigenvalue weighted by molar-refractivity contribution is 5.67. The number of rotatable bonds is 5. The summed E-state index contributed by atoms with van der Waals surface area (Å²) >= 11 is 0. The summed E-state index contributed by atoms with van der Waals surface area (Å²) in [7, 11) is 0. The summed E-state index contributed by atoms with van der Waals surface area (Å²) in [4.78, 5) is 24.5. The topological polar surface area (TPSA) is 55.8 Å². The maximum absolute atomic E-state index is 12.0. The number of carbonyl (C=O) groups is 2. The first-order valence-corrected chi connectivity index (χ1v) is 7.74. The van der Waals surface area contributed by atoms with E-state index in [2.05, 4.69) is 0 Å². The van der Waals surface area contributed by atoms with E-state index >= 15 is 0 Å². The normalized spacial score (nSPS) is 15.4. The van der Waals surface area contributed by atoms with Gasteiger partial charge in [-0.05, 0) is 30.7 Å². The standard InChI is InChI=1S/C17H23NO4/c1-14(19)21-12-9-15-7-10-18(11-8-15)17(20)22-13-16-5-3-2-4-6-16/h2-6,15H,7-13H2,1H3. The Hall–Kier alpha value is -2.04. The number of likely N-dealkylation sites (tertiary alicyclic amines) is 1. The van der Waals surface area contributed by atoms with E-state index < -0.39 is 0 Å². The van der Waals surface area contributed by atoms with Gasteiger partial charge in [0, 0.05) is 20.0 Å². The monoisotopic (exact) mass is 305 g/mol. The Kier molecular flexibility index (Phi) is 6.25. The van der Waals surface area contributed by atoms with Gasteiger partial charge in [-0.2, -0.15) is 0 Å². The molecule has 0 aliphatic carbocycles. The molecule has 1 heterocycles. The van der Waals surface area contributed by atoms with Crippen LogP contribution >= 0.6 is 0 Å². The van der Waals surface area contributed by atoms with Crippen molar-refractivity contribution in [3.63, 3.8) is 0 Å². The molecule has 1 amide bonds. The van der Waals surface area contributed by atoms with Crippen molar-refractivity contribution in [3.8, 4) is 0 Å². The van der Waals surface area contributed by atoms with Crippen LogP contribution in [0.2, 0.25) is 0 Å². The third-order valence-electron chi connectivity index (χ3n) is 3.91. The Bertz CT molecular complexity index is 481. The molecule has 0 saturated carbocycles. The maximum atomic E-state index is 12.0. The van der Waals surface area contributed by atoms with Crippen molar-refractivity contribution < 1.29 is 19.1 Å². The van der Waals surface area contributed by atoms with Gasteiger partial charge in [0.2, 0.25) is 0 Å². The van der Waals surface area contributed by atoms with Gasteiger partial charge in [-0.3, -0.25) is 4.79 Å². The molecule has 1 aliphatic rings. The lowest BCUT2D eigenvalue weighted by molar-refractivity contribution is -0.141. The van der Waals surface area contributed by atoms with Gasteiger partial charge in [-0.25, -0.2) is 4.79 Å². The van der Waals surface area contributed by atoms with E-state index in [1.54, 1.807) is 4.90 Å². The summed E-state index contributed by atoms with van der Waals surface area (Å²) in [5, 5.41) is 0. The third-order valence-corrected chi connectivity index (χ3v) is 3.91. The molecule has 1 saturated heterocycles. The van der Waals surface area contributed by atoms with Crippen LogP contribution in [0.1, 0.15) is 31.7 Å². The summed E-state index contributed by atoms with van der Waals surface area (Å²) in [6, 6.07) is 9.67. The van der Waals surface area contributed by atoms with Crippen LogP contribution in [0.15, 0.2) is 30.3 Å². The summed E-state index contributed by atoms with van der Waals surface area (Å²) < 4.78 is 10.3. The third kappa shape index (κ3) is 5.39. The van der Waals surface area contributed by atoms with Crippen LogP contribution in [0, 0.1) is 5.92 Å². The summed E-state index contributed by atoms with van der Waals surface area (Å²) in [5.41, 5.74) is 0.993. The highest BCUT2D eigenvalue weighted by atomic mass is 16.6. The van der Waals surface area contributed by atoms with Crippen LogP contribution in [-0.2, 0) is 20.9 Å². The van der Waals surface area contributed by atoms with Crippen LogP contribution < -0.4 is 0 Å². The average Bonchev–Trinajstić information content (AvgIpc) is 2.54. The highest BCUT2D eigenvalue weighted by Gasteiger charge is 2.23. The SMILES string of the molecule is CC(=O)OCCC1CCN(C(=O)OCc2ccccc2)CC1. The molecule has 1 aliphatic heterocycles. The van der Waals surface area contributed by atoms with Gasteiger partial charge < -0.3 is 14.4 Å². The van der Waals surface area contributed by atoms with E-state index in [1.165, 1.54) is 6.92 Å². The van der Waals surface area contributed by atoms with Crippen molar-refractivity contribution in [2.75, 3.05) is 19.7 Å². The largest absolute Gasteiger partial charge is 0.466 e. The van der Waals surface area contributed by atoms with Gasteiger partial charge in [0.25, 0.3) is 0 Å². The maximum Gasteiger partial charge on any atom is 0.410 e. The minimum absolute atomic E-state index is 0.234. The smallest absolute Gasteiger partial charge is 0.410 e. The van der Waals surface area contributed by atoms with E-state index in [0.29, 0.717) is 32.2 Å². The van der Waals surface area contributed by atoms with E-state index in [1.807, 2.05) is 30.3 Å². The molecule has 22 heavy (non-hydrogen) atoms. The lowest BCUT2D eigenvalue weighted by Gasteiger charge is -2.31. The lowest BCUT2D eigenvalue weighted by atomic mass is 9.94. The Balaban J connectivity index is 1.65. The predicted molar refractivity (Wildman–Crippen MR) is 82.2 cm³/mol. The Morgan fingerprint density at radius 3 is 2.45 bits per heavy atom. The zero-order chi connectivity index (χ0) is 15.8. The first-order valence-electron chi connectivity index (χ1n) is 7.74. The van der Waals surface area contributed by atoms with Crippen molar-refractivity contribution in [3.05, 3.63) is 35.9 Å². The zero-order valence-corrected chi connectivity index (χ0v) is 13.0. The molecule has 0 atom stereocenters. The quantitative estimate of drug-likeness (QED) is 0.785. The van der Waals surface area contributed by atoms with Gasteiger partial charge in [0.05, 0.1) is 6.61 Å². The van der Waals surface area contributed by atoms with E-state index in [4.69, 9.17) is 9.47 Å². The van der Waals surface area contributed by atoms with Gasteiger partial charge in [-0.1, -0.05) is 30.3 Å².